The fraction of sp³-hybridized carbons (Fsp3) is 0.684. The lowest BCUT2D eigenvalue weighted by Crippen LogP contribution is -2.51. The number of ether oxygens (including phenoxy) is 1. The lowest BCUT2D eigenvalue weighted by atomic mass is 9.87. The second-order valence-electron chi connectivity index (χ2n) is 7.07. The first-order valence-electron chi connectivity index (χ1n) is 9.01. The maximum Gasteiger partial charge on any atom is 0.122 e. The largest absolute Gasteiger partial charge is 0.496 e. The third kappa shape index (κ3) is 3.87. The van der Waals surface area contributed by atoms with Gasteiger partial charge in [0.15, 0.2) is 0 Å². The van der Waals surface area contributed by atoms with Gasteiger partial charge in [0.05, 0.1) is 7.11 Å². The molecule has 0 aromatic heterocycles. The molecule has 128 valence electrons. The van der Waals surface area contributed by atoms with Gasteiger partial charge in [0.2, 0.25) is 0 Å². The highest BCUT2D eigenvalue weighted by molar-refractivity contribution is 5.43. The van der Waals surface area contributed by atoms with E-state index in [1.807, 2.05) is 0 Å². The first kappa shape index (κ1) is 16.7. The van der Waals surface area contributed by atoms with Crippen LogP contribution in [0.1, 0.15) is 36.9 Å². The average molecular weight is 317 g/mol. The molecule has 4 heteroatoms. The van der Waals surface area contributed by atoms with Crippen LogP contribution in [0.25, 0.3) is 0 Å². The highest BCUT2D eigenvalue weighted by Gasteiger charge is 2.24. The average Bonchev–Trinajstić information content (AvgIpc) is 2.59. The van der Waals surface area contributed by atoms with Crippen molar-refractivity contribution in [3.8, 4) is 5.75 Å². The van der Waals surface area contributed by atoms with Crippen molar-refractivity contribution in [3.05, 3.63) is 29.3 Å². The van der Waals surface area contributed by atoms with Crippen molar-refractivity contribution in [1.29, 1.82) is 0 Å². The summed E-state index contributed by atoms with van der Waals surface area (Å²) in [6, 6.07) is 7.56. The Morgan fingerprint density at radius 1 is 1.26 bits per heavy atom. The summed E-state index contributed by atoms with van der Waals surface area (Å²) in [5, 5.41) is 3.83. The van der Waals surface area contributed by atoms with Gasteiger partial charge in [0.1, 0.15) is 5.75 Å². The van der Waals surface area contributed by atoms with E-state index in [-0.39, 0.29) is 0 Å². The molecule has 23 heavy (non-hydrogen) atoms. The number of hydrogen-bond acceptors (Lipinski definition) is 4. The molecule has 0 unspecified atom stereocenters. The second-order valence-corrected chi connectivity index (χ2v) is 7.07. The number of methoxy groups -OCH3 is 1. The maximum atomic E-state index is 5.55. The Morgan fingerprint density at radius 3 is 2.78 bits per heavy atom. The van der Waals surface area contributed by atoms with Gasteiger partial charge in [-0.05, 0) is 50.4 Å². The SMILES string of the molecule is COc1cccc2c1CCC[C@H]2NC[C@H](C)N1CCN(C)CC1. The van der Waals surface area contributed by atoms with Gasteiger partial charge < -0.3 is 15.0 Å². The molecule has 4 nitrogen and oxygen atoms in total. The van der Waals surface area contributed by atoms with Crippen LogP contribution in [0.15, 0.2) is 18.2 Å². The van der Waals surface area contributed by atoms with E-state index in [0.717, 1.165) is 18.7 Å². The predicted octanol–water partition coefficient (Wildman–Crippen LogP) is 2.30. The molecule has 1 N–H and O–H groups in total. The summed E-state index contributed by atoms with van der Waals surface area (Å²) in [4.78, 5) is 5.03. The molecule has 2 aliphatic rings. The summed E-state index contributed by atoms with van der Waals surface area (Å²) in [5.41, 5.74) is 2.85. The van der Waals surface area contributed by atoms with Gasteiger partial charge in [-0.25, -0.2) is 0 Å². The van der Waals surface area contributed by atoms with Gasteiger partial charge in [0, 0.05) is 44.8 Å². The molecule has 0 amide bonds. The molecule has 1 aliphatic carbocycles. The Hall–Kier alpha value is -1.10. The van der Waals surface area contributed by atoms with Crippen LogP contribution in [0.2, 0.25) is 0 Å². The van der Waals surface area contributed by atoms with Crippen molar-refractivity contribution in [2.75, 3.05) is 46.9 Å². The van der Waals surface area contributed by atoms with E-state index < -0.39 is 0 Å². The number of piperazine rings is 1. The van der Waals surface area contributed by atoms with Crippen LogP contribution in [0, 0.1) is 0 Å². The number of hydrogen-bond donors (Lipinski definition) is 1. The smallest absolute Gasteiger partial charge is 0.122 e. The predicted molar refractivity (Wildman–Crippen MR) is 95.2 cm³/mol. The van der Waals surface area contributed by atoms with Crippen molar-refractivity contribution in [2.24, 2.45) is 0 Å². The van der Waals surface area contributed by atoms with Crippen LogP contribution < -0.4 is 10.1 Å². The normalized spacial score (nSPS) is 24.2. The Labute approximate surface area is 140 Å². The molecule has 0 bridgehead atoms. The zero-order chi connectivity index (χ0) is 16.2. The van der Waals surface area contributed by atoms with E-state index in [0.29, 0.717) is 12.1 Å². The quantitative estimate of drug-likeness (QED) is 0.902. The van der Waals surface area contributed by atoms with Crippen LogP contribution in [0.4, 0.5) is 0 Å². The molecule has 2 atom stereocenters. The van der Waals surface area contributed by atoms with E-state index in [4.69, 9.17) is 4.74 Å². The molecular weight excluding hydrogens is 286 g/mol. The topological polar surface area (TPSA) is 27.7 Å². The molecule has 3 rings (SSSR count). The van der Waals surface area contributed by atoms with E-state index in [2.05, 4.69) is 47.3 Å². The monoisotopic (exact) mass is 317 g/mol. The zero-order valence-corrected chi connectivity index (χ0v) is 14.8. The van der Waals surface area contributed by atoms with E-state index in [1.165, 1.54) is 50.1 Å². The van der Waals surface area contributed by atoms with Gasteiger partial charge in [0.25, 0.3) is 0 Å². The van der Waals surface area contributed by atoms with E-state index in [1.54, 1.807) is 7.11 Å². The third-order valence-electron chi connectivity index (χ3n) is 5.51. The van der Waals surface area contributed by atoms with Gasteiger partial charge in [-0.15, -0.1) is 0 Å². The number of rotatable bonds is 5. The Morgan fingerprint density at radius 2 is 2.04 bits per heavy atom. The number of nitrogens with zero attached hydrogens (tertiary/aromatic N) is 2. The molecule has 0 saturated carbocycles. The molecule has 0 radical (unpaired) electrons. The van der Waals surface area contributed by atoms with Crippen molar-refractivity contribution < 1.29 is 4.74 Å². The first-order chi connectivity index (χ1) is 11.2. The van der Waals surface area contributed by atoms with Crippen LogP contribution in [-0.4, -0.2) is 62.7 Å². The fourth-order valence-electron chi connectivity index (χ4n) is 3.92. The molecule has 1 heterocycles. The lowest BCUT2D eigenvalue weighted by molar-refractivity contribution is 0.116. The number of benzene rings is 1. The minimum absolute atomic E-state index is 0.476. The highest BCUT2D eigenvalue weighted by Crippen LogP contribution is 2.35. The summed E-state index contributed by atoms with van der Waals surface area (Å²) < 4.78 is 5.55. The second kappa shape index (κ2) is 7.65. The third-order valence-corrected chi connectivity index (χ3v) is 5.51. The van der Waals surface area contributed by atoms with Crippen molar-refractivity contribution in [1.82, 2.24) is 15.1 Å². The number of nitrogens with one attached hydrogen (secondary N) is 1. The lowest BCUT2D eigenvalue weighted by Gasteiger charge is -2.37. The zero-order valence-electron chi connectivity index (χ0n) is 14.8. The van der Waals surface area contributed by atoms with E-state index >= 15 is 0 Å². The summed E-state index contributed by atoms with van der Waals surface area (Å²) in [7, 11) is 3.99. The molecule has 1 aromatic carbocycles. The number of fused-ring (bicyclic) bond motifs is 1. The maximum absolute atomic E-state index is 5.55. The Bertz CT molecular complexity index is 511. The van der Waals surface area contributed by atoms with Crippen LogP contribution in [0.3, 0.4) is 0 Å². The molecule has 1 saturated heterocycles. The summed E-state index contributed by atoms with van der Waals surface area (Å²) in [6.07, 6.45) is 3.62. The minimum atomic E-state index is 0.476. The van der Waals surface area contributed by atoms with Crippen LogP contribution in [0.5, 0.6) is 5.75 Å². The molecule has 1 aromatic rings. The summed E-state index contributed by atoms with van der Waals surface area (Å²) in [5.74, 6) is 1.06. The number of likely N-dealkylation sites (N-methyl/N-ethyl adjacent to an activating group) is 1. The molecule has 1 fully saturated rings. The minimum Gasteiger partial charge on any atom is -0.496 e. The Balaban J connectivity index is 1.59. The Kier molecular flexibility index (Phi) is 5.57. The summed E-state index contributed by atoms with van der Waals surface area (Å²) >= 11 is 0. The van der Waals surface area contributed by atoms with Gasteiger partial charge in [-0.3, -0.25) is 4.90 Å². The fourth-order valence-corrected chi connectivity index (χ4v) is 3.92. The summed E-state index contributed by atoms with van der Waals surface area (Å²) in [6.45, 7) is 8.17. The molecule has 0 spiro atoms. The van der Waals surface area contributed by atoms with Crippen molar-refractivity contribution in [3.63, 3.8) is 0 Å². The van der Waals surface area contributed by atoms with Crippen LogP contribution >= 0.6 is 0 Å². The van der Waals surface area contributed by atoms with Gasteiger partial charge in [-0.2, -0.15) is 0 Å². The molecule has 1 aliphatic heterocycles. The van der Waals surface area contributed by atoms with E-state index in [9.17, 15) is 0 Å². The van der Waals surface area contributed by atoms with Crippen molar-refractivity contribution in [2.45, 2.75) is 38.3 Å². The highest BCUT2D eigenvalue weighted by atomic mass is 16.5. The van der Waals surface area contributed by atoms with Gasteiger partial charge >= 0.3 is 0 Å². The van der Waals surface area contributed by atoms with Crippen LogP contribution in [-0.2, 0) is 6.42 Å². The standard InChI is InChI=1S/C19H31N3O/c1-15(22-12-10-21(2)11-13-22)14-20-18-8-4-7-17-16(18)6-5-9-19(17)23-3/h5-6,9,15,18,20H,4,7-8,10-14H2,1-3H3/t15-,18+/m0/s1. The molecular formula is C19H31N3O. The first-order valence-corrected chi connectivity index (χ1v) is 9.01. The van der Waals surface area contributed by atoms with Crippen molar-refractivity contribution >= 4 is 0 Å². The van der Waals surface area contributed by atoms with Gasteiger partial charge in [-0.1, -0.05) is 12.1 Å².